The number of nitrogens with one attached hydrogen (secondary N) is 2. The molecule has 2 rings (SSSR count). The van der Waals surface area contributed by atoms with Crippen molar-refractivity contribution in [1.29, 1.82) is 0 Å². The number of guanidine groups is 1. The molecule has 7 nitrogen and oxygen atoms in total. The van der Waals surface area contributed by atoms with Crippen molar-refractivity contribution in [3.05, 3.63) is 15.6 Å². The first kappa shape index (κ1) is 23.6. The number of sulfonamides is 1. The van der Waals surface area contributed by atoms with Gasteiger partial charge >= 0.3 is 0 Å². The Morgan fingerprint density at radius 1 is 1.38 bits per heavy atom. The Morgan fingerprint density at radius 2 is 2.12 bits per heavy atom. The third-order valence-corrected chi connectivity index (χ3v) is 6.72. The number of halogens is 1. The largest absolute Gasteiger partial charge is 0.357 e. The summed E-state index contributed by atoms with van der Waals surface area (Å²) in [6, 6.07) is -0.0327. The lowest BCUT2D eigenvalue weighted by Crippen LogP contribution is -2.41. The Morgan fingerprint density at radius 3 is 2.69 bits per heavy atom. The minimum atomic E-state index is -3.15. The van der Waals surface area contributed by atoms with Crippen LogP contribution in [0.2, 0.25) is 0 Å². The highest BCUT2D eigenvalue weighted by Gasteiger charge is 2.31. The number of thiazole rings is 1. The fourth-order valence-corrected chi connectivity index (χ4v) is 5.01. The summed E-state index contributed by atoms with van der Waals surface area (Å²) in [5, 5.41) is 7.65. The van der Waals surface area contributed by atoms with Crippen LogP contribution in [0.4, 0.5) is 0 Å². The van der Waals surface area contributed by atoms with Gasteiger partial charge in [0, 0.05) is 37.0 Å². The molecule has 0 spiro atoms. The summed E-state index contributed by atoms with van der Waals surface area (Å²) in [6.07, 6.45) is 3.90. The Bertz CT molecular complexity index is 686. The van der Waals surface area contributed by atoms with Gasteiger partial charge in [-0.15, -0.1) is 35.3 Å². The van der Waals surface area contributed by atoms with Gasteiger partial charge in [-0.1, -0.05) is 0 Å². The molecular weight excluding hydrogens is 485 g/mol. The molecule has 1 aliphatic rings. The first-order chi connectivity index (χ1) is 11.8. The highest BCUT2D eigenvalue weighted by Crippen LogP contribution is 2.20. The van der Waals surface area contributed by atoms with Crippen molar-refractivity contribution in [1.82, 2.24) is 19.9 Å². The van der Waals surface area contributed by atoms with E-state index >= 15 is 0 Å². The second kappa shape index (κ2) is 10.8. The van der Waals surface area contributed by atoms with Gasteiger partial charge in [0.2, 0.25) is 10.0 Å². The molecule has 1 aromatic rings. The van der Waals surface area contributed by atoms with E-state index in [4.69, 9.17) is 0 Å². The zero-order chi connectivity index (χ0) is 18.4. The first-order valence-electron chi connectivity index (χ1n) is 8.73. The summed E-state index contributed by atoms with van der Waals surface area (Å²) in [4.78, 5) is 10.4. The van der Waals surface area contributed by atoms with Crippen molar-refractivity contribution >= 4 is 51.3 Å². The van der Waals surface area contributed by atoms with Crippen molar-refractivity contribution in [2.45, 2.75) is 46.1 Å². The third-order valence-electron chi connectivity index (χ3n) is 4.26. The van der Waals surface area contributed by atoms with Gasteiger partial charge in [0.1, 0.15) is 0 Å². The highest BCUT2D eigenvalue weighted by atomic mass is 127. The monoisotopic (exact) mass is 515 g/mol. The minimum Gasteiger partial charge on any atom is -0.357 e. The number of aryl methyl sites for hydroxylation is 2. The second-order valence-electron chi connectivity index (χ2n) is 6.32. The van der Waals surface area contributed by atoms with Crippen LogP contribution in [0.5, 0.6) is 0 Å². The molecule has 1 fully saturated rings. The molecule has 0 bridgehead atoms. The Kier molecular flexibility index (Phi) is 9.76. The van der Waals surface area contributed by atoms with Crippen molar-refractivity contribution in [3.8, 4) is 0 Å². The van der Waals surface area contributed by atoms with Crippen LogP contribution in [-0.4, -0.2) is 62.1 Å². The maximum absolute atomic E-state index is 11.8. The number of aromatic nitrogens is 1. The van der Waals surface area contributed by atoms with Gasteiger partial charge in [-0.05, 0) is 33.6 Å². The molecule has 1 saturated heterocycles. The van der Waals surface area contributed by atoms with E-state index in [0.29, 0.717) is 13.1 Å². The van der Waals surface area contributed by atoms with Crippen molar-refractivity contribution in [3.63, 3.8) is 0 Å². The third kappa shape index (κ3) is 6.93. The van der Waals surface area contributed by atoms with E-state index in [1.807, 2.05) is 13.8 Å². The molecular formula is C16H30IN5O2S2. The maximum Gasteiger partial charge on any atom is 0.211 e. The van der Waals surface area contributed by atoms with Gasteiger partial charge in [-0.2, -0.15) is 4.31 Å². The predicted octanol–water partition coefficient (Wildman–Crippen LogP) is 1.90. The fourth-order valence-electron chi connectivity index (χ4n) is 2.90. The van der Waals surface area contributed by atoms with Crippen LogP contribution in [0.3, 0.4) is 0 Å². The van der Waals surface area contributed by atoms with Crippen LogP contribution in [0.25, 0.3) is 0 Å². The minimum absolute atomic E-state index is 0. The quantitative estimate of drug-likeness (QED) is 0.329. The summed E-state index contributed by atoms with van der Waals surface area (Å²) >= 11 is 1.73. The molecule has 1 aromatic heterocycles. The summed E-state index contributed by atoms with van der Waals surface area (Å²) in [6.45, 7) is 8.74. The average molecular weight is 515 g/mol. The van der Waals surface area contributed by atoms with Crippen molar-refractivity contribution in [2.24, 2.45) is 4.99 Å². The highest BCUT2D eigenvalue weighted by molar-refractivity contribution is 14.0. The van der Waals surface area contributed by atoms with E-state index in [0.717, 1.165) is 49.0 Å². The topological polar surface area (TPSA) is 86.7 Å². The summed E-state index contributed by atoms with van der Waals surface area (Å²) < 4.78 is 25.2. The van der Waals surface area contributed by atoms with Crippen LogP contribution >= 0.6 is 35.3 Å². The van der Waals surface area contributed by atoms with Gasteiger partial charge < -0.3 is 10.6 Å². The number of nitrogens with zero attached hydrogens (tertiary/aromatic N) is 3. The van der Waals surface area contributed by atoms with Crippen LogP contribution in [-0.2, 0) is 16.4 Å². The standard InChI is InChI=1S/C16H29N5O2S2.HI/c1-5-17-16(18-9-8-15-20-12(2)13(3)24-15)19-11-14-7-6-10-21(14)25(4,22)23;/h14H,5-11H2,1-4H3,(H2,17,18,19);1H/t14-;/m1./s1. The van der Waals surface area contributed by atoms with Gasteiger partial charge in [0.15, 0.2) is 5.96 Å². The van der Waals surface area contributed by atoms with Gasteiger partial charge in [0.05, 0.1) is 23.5 Å². The molecule has 2 heterocycles. The molecule has 0 amide bonds. The van der Waals surface area contributed by atoms with E-state index in [2.05, 4.69) is 27.5 Å². The van der Waals surface area contributed by atoms with Gasteiger partial charge in [-0.25, -0.2) is 13.4 Å². The number of aliphatic imine (C=N–C) groups is 1. The van der Waals surface area contributed by atoms with Gasteiger partial charge in [0.25, 0.3) is 0 Å². The van der Waals surface area contributed by atoms with Crippen LogP contribution in [0, 0.1) is 13.8 Å². The summed E-state index contributed by atoms with van der Waals surface area (Å²) in [5.74, 6) is 0.729. The number of hydrogen-bond acceptors (Lipinski definition) is 5. The van der Waals surface area contributed by atoms with E-state index < -0.39 is 10.0 Å². The zero-order valence-corrected chi connectivity index (χ0v) is 19.9. The summed E-state index contributed by atoms with van der Waals surface area (Å²) in [7, 11) is -3.15. The first-order valence-corrected chi connectivity index (χ1v) is 11.4. The van der Waals surface area contributed by atoms with E-state index in [-0.39, 0.29) is 30.0 Å². The number of hydrogen-bond donors (Lipinski definition) is 2. The van der Waals surface area contributed by atoms with E-state index in [9.17, 15) is 8.42 Å². The van der Waals surface area contributed by atoms with Crippen LogP contribution in [0.15, 0.2) is 4.99 Å². The lowest BCUT2D eigenvalue weighted by atomic mass is 10.2. The SMILES string of the molecule is CCNC(=NC[C@H]1CCCN1S(C)(=O)=O)NCCc1nc(C)c(C)s1.I. The molecule has 1 aliphatic heterocycles. The lowest BCUT2D eigenvalue weighted by molar-refractivity contribution is 0.396. The summed E-state index contributed by atoms with van der Waals surface area (Å²) in [5.41, 5.74) is 1.10. The molecule has 150 valence electrons. The average Bonchev–Trinajstić information content (AvgIpc) is 3.12. The maximum atomic E-state index is 11.8. The van der Waals surface area contributed by atoms with Crippen molar-refractivity contribution < 1.29 is 8.42 Å². The van der Waals surface area contributed by atoms with Gasteiger partial charge in [-0.3, -0.25) is 4.99 Å². The molecule has 1 atom stereocenters. The second-order valence-corrected chi connectivity index (χ2v) is 9.54. The molecule has 26 heavy (non-hydrogen) atoms. The van der Waals surface area contributed by atoms with Crippen LogP contribution in [0.1, 0.15) is 35.3 Å². The molecule has 0 saturated carbocycles. The molecule has 10 heteroatoms. The fraction of sp³-hybridized carbons (Fsp3) is 0.750. The Labute approximate surface area is 178 Å². The molecule has 0 radical (unpaired) electrons. The predicted molar refractivity (Wildman–Crippen MR) is 119 cm³/mol. The molecule has 2 N–H and O–H groups in total. The zero-order valence-electron chi connectivity index (χ0n) is 15.9. The Balaban J connectivity index is 0.00000338. The lowest BCUT2D eigenvalue weighted by Gasteiger charge is -2.21. The molecule has 0 aromatic carbocycles. The number of rotatable bonds is 7. The van der Waals surface area contributed by atoms with E-state index in [1.165, 1.54) is 11.1 Å². The van der Waals surface area contributed by atoms with Crippen molar-refractivity contribution in [2.75, 3.05) is 32.4 Å². The molecule has 0 unspecified atom stereocenters. The smallest absolute Gasteiger partial charge is 0.211 e. The van der Waals surface area contributed by atoms with Crippen LogP contribution < -0.4 is 10.6 Å². The van der Waals surface area contributed by atoms with E-state index in [1.54, 1.807) is 15.6 Å². The normalized spacial score (nSPS) is 18.6. The molecule has 0 aliphatic carbocycles. The Hall–Kier alpha value is -0.460.